The molecule has 2 aromatic carbocycles. The summed E-state index contributed by atoms with van der Waals surface area (Å²) in [5, 5.41) is 4.11. The number of carbonyl (C=O) groups is 1. The summed E-state index contributed by atoms with van der Waals surface area (Å²) in [6, 6.07) is 21.8. The summed E-state index contributed by atoms with van der Waals surface area (Å²) in [6.07, 6.45) is 3.20. The molecule has 0 radical (unpaired) electrons. The SMILES string of the molecule is Cc1cc2ccccc2n1-c1ccc(NC(=O)c2cccnc2)cc1. The lowest BCUT2D eigenvalue weighted by atomic mass is 10.2. The zero-order valence-corrected chi connectivity index (χ0v) is 13.8. The van der Waals surface area contributed by atoms with E-state index in [0.717, 1.165) is 11.4 Å². The molecule has 4 rings (SSSR count). The van der Waals surface area contributed by atoms with Crippen LogP contribution in [0.4, 0.5) is 5.69 Å². The van der Waals surface area contributed by atoms with Crippen molar-refractivity contribution < 1.29 is 4.79 Å². The van der Waals surface area contributed by atoms with E-state index in [0.29, 0.717) is 5.56 Å². The van der Waals surface area contributed by atoms with Crippen LogP contribution in [0.1, 0.15) is 16.1 Å². The van der Waals surface area contributed by atoms with Crippen LogP contribution in [0.2, 0.25) is 0 Å². The Kier molecular flexibility index (Phi) is 3.78. The third kappa shape index (κ3) is 2.90. The number of pyridine rings is 1. The first kappa shape index (κ1) is 15.1. The fraction of sp³-hybridized carbons (Fsp3) is 0.0476. The second kappa shape index (κ2) is 6.24. The number of fused-ring (bicyclic) bond motifs is 1. The Hall–Kier alpha value is -3.40. The number of amides is 1. The molecule has 0 aliphatic heterocycles. The molecule has 122 valence electrons. The van der Waals surface area contributed by atoms with Crippen LogP contribution >= 0.6 is 0 Å². The summed E-state index contributed by atoms with van der Waals surface area (Å²) in [5.74, 6) is -0.163. The average molecular weight is 327 g/mol. The normalized spacial score (nSPS) is 10.8. The van der Waals surface area contributed by atoms with Gasteiger partial charge in [-0.15, -0.1) is 0 Å². The summed E-state index contributed by atoms with van der Waals surface area (Å²) in [7, 11) is 0. The molecule has 2 heterocycles. The smallest absolute Gasteiger partial charge is 0.257 e. The van der Waals surface area contributed by atoms with E-state index in [9.17, 15) is 4.79 Å². The molecular weight excluding hydrogens is 310 g/mol. The Bertz CT molecular complexity index is 1030. The Morgan fingerprint density at radius 3 is 2.56 bits per heavy atom. The largest absolute Gasteiger partial charge is 0.322 e. The molecule has 4 heteroatoms. The van der Waals surface area contributed by atoms with Gasteiger partial charge >= 0.3 is 0 Å². The number of benzene rings is 2. The van der Waals surface area contributed by atoms with Gasteiger partial charge in [-0.3, -0.25) is 9.78 Å². The standard InChI is InChI=1S/C21H17N3O/c1-15-13-16-5-2-3-7-20(16)24(15)19-10-8-18(9-11-19)23-21(25)17-6-4-12-22-14-17/h2-14H,1H3,(H,23,25). The summed E-state index contributed by atoms with van der Waals surface area (Å²) in [4.78, 5) is 16.2. The van der Waals surface area contributed by atoms with Gasteiger partial charge in [-0.05, 0) is 55.5 Å². The molecule has 25 heavy (non-hydrogen) atoms. The predicted molar refractivity (Wildman–Crippen MR) is 100 cm³/mol. The van der Waals surface area contributed by atoms with Crippen LogP contribution in [-0.2, 0) is 0 Å². The third-order valence-corrected chi connectivity index (χ3v) is 4.20. The first-order valence-electron chi connectivity index (χ1n) is 8.11. The quantitative estimate of drug-likeness (QED) is 0.598. The topological polar surface area (TPSA) is 46.9 Å². The predicted octanol–water partition coefficient (Wildman–Crippen LogP) is 4.59. The number of para-hydroxylation sites is 1. The maximum absolute atomic E-state index is 12.2. The van der Waals surface area contributed by atoms with E-state index in [-0.39, 0.29) is 5.91 Å². The average Bonchev–Trinajstić information content (AvgIpc) is 2.99. The van der Waals surface area contributed by atoms with E-state index in [1.807, 2.05) is 36.4 Å². The minimum Gasteiger partial charge on any atom is -0.322 e. The number of aryl methyl sites for hydroxylation is 1. The van der Waals surface area contributed by atoms with E-state index in [2.05, 4.69) is 40.0 Å². The molecule has 4 aromatic rings. The van der Waals surface area contributed by atoms with Gasteiger partial charge in [0.2, 0.25) is 0 Å². The molecule has 0 fully saturated rings. The van der Waals surface area contributed by atoms with Crippen molar-refractivity contribution in [3.05, 3.63) is 90.4 Å². The van der Waals surface area contributed by atoms with Gasteiger partial charge in [-0.2, -0.15) is 0 Å². The van der Waals surface area contributed by atoms with Crippen LogP contribution in [0.15, 0.2) is 79.1 Å². The first-order valence-corrected chi connectivity index (χ1v) is 8.11. The van der Waals surface area contributed by atoms with Crippen LogP contribution in [0.5, 0.6) is 0 Å². The number of rotatable bonds is 3. The number of aromatic nitrogens is 2. The second-order valence-corrected chi connectivity index (χ2v) is 5.92. The van der Waals surface area contributed by atoms with Crippen molar-refractivity contribution in [1.82, 2.24) is 9.55 Å². The Morgan fingerprint density at radius 2 is 1.80 bits per heavy atom. The monoisotopic (exact) mass is 327 g/mol. The van der Waals surface area contributed by atoms with Crippen LogP contribution in [-0.4, -0.2) is 15.5 Å². The lowest BCUT2D eigenvalue weighted by Gasteiger charge is -2.10. The molecule has 0 atom stereocenters. The van der Waals surface area contributed by atoms with Crippen molar-refractivity contribution in [2.45, 2.75) is 6.92 Å². The number of anilines is 1. The number of hydrogen-bond acceptors (Lipinski definition) is 2. The molecule has 0 bridgehead atoms. The van der Waals surface area contributed by atoms with Crippen LogP contribution in [0, 0.1) is 6.92 Å². The number of carbonyl (C=O) groups excluding carboxylic acids is 1. The summed E-state index contributed by atoms with van der Waals surface area (Å²) >= 11 is 0. The van der Waals surface area contributed by atoms with Crippen molar-refractivity contribution in [3.63, 3.8) is 0 Å². The molecule has 2 aromatic heterocycles. The van der Waals surface area contributed by atoms with Gasteiger partial charge in [0, 0.05) is 34.8 Å². The van der Waals surface area contributed by atoms with Gasteiger partial charge in [0.05, 0.1) is 11.1 Å². The summed E-state index contributed by atoms with van der Waals surface area (Å²) in [6.45, 7) is 2.10. The second-order valence-electron chi connectivity index (χ2n) is 5.92. The minimum atomic E-state index is -0.163. The maximum atomic E-state index is 12.2. The van der Waals surface area contributed by atoms with Crippen molar-refractivity contribution in [3.8, 4) is 5.69 Å². The van der Waals surface area contributed by atoms with Crippen LogP contribution in [0.3, 0.4) is 0 Å². The summed E-state index contributed by atoms with van der Waals surface area (Å²) in [5.41, 5.74) is 4.71. The number of hydrogen-bond donors (Lipinski definition) is 1. The van der Waals surface area contributed by atoms with Crippen molar-refractivity contribution in [2.24, 2.45) is 0 Å². The molecule has 0 unspecified atom stereocenters. The first-order chi connectivity index (χ1) is 12.2. The lowest BCUT2D eigenvalue weighted by Crippen LogP contribution is -2.12. The number of nitrogens with one attached hydrogen (secondary N) is 1. The van der Waals surface area contributed by atoms with Crippen molar-refractivity contribution in [1.29, 1.82) is 0 Å². The molecule has 4 nitrogen and oxygen atoms in total. The van der Waals surface area contributed by atoms with Crippen LogP contribution < -0.4 is 5.32 Å². The van der Waals surface area contributed by atoms with E-state index in [1.165, 1.54) is 16.6 Å². The van der Waals surface area contributed by atoms with E-state index in [4.69, 9.17) is 0 Å². The van der Waals surface area contributed by atoms with Crippen molar-refractivity contribution in [2.75, 3.05) is 5.32 Å². The molecule has 0 aliphatic rings. The highest BCUT2D eigenvalue weighted by Gasteiger charge is 2.08. The Morgan fingerprint density at radius 1 is 1.00 bits per heavy atom. The highest BCUT2D eigenvalue weighted by molar-refractivity contribution is 6.04. The molecule has 0 spiro atoms. The van der Waals surface area contributed by atoms with Gasteiger partial charge in [-0.1, -0.05) is 18.2 Å². The van der Waals surface area contributed by atoms with E-state index >= 15 is 0 Å². The van der Waals surface area contributed by atoms with Gasteiger partial charge in [-0.25, -0.2) is 0 Å². The highest BCUT2D eigenvalue weighted by atomic mass is 16.1. The van der Waals surface area contributed by atoms with Crippen LogP contribution in [0.25, 0.3) is 16.6 Å². The molecular formula is C21H17N3O. The number of nitrogens with zero attached hydrogens (tertiary/aromatic N) is 2. The highest BCUT2D eigenvalue weighted by Crippen LogP contribution is 2.24. The van der Waals surface area contributed by atoms with E-state index in [1.54, 1.807) is 24.5 Å². The van der Waals surface area contributed by atoms with Gasteiger partial charge in [0.15, 0.2) is 0 Å². The summed E-state index contributed by atoms with van der Waals surface area (Å²) < 4.78 is 2.21. The van der Waals surface area contributed by atoms with Gasteiger partial charge < -0.3 is 9.88 Å². The molecule has 1 amide bonds. The fourth-order valence-electron chi connectivity index (χ4n) is 3.03. The molecule has 0 aliphatic carbocycles. The third-order valence-electron chi connectivity index (χ3n) is 4.20. The lowest BCUT2D eigenvalue weighted by molar-refractivity contribution is 0.102. The zero-order chi connectivity index (χ0) is 17.2. The molecule has 0 saturated carbocycles. The minimum absolute atomic E-state index is 0.163. The molecule has 1 N–H and O–H groups in total. The van der Waals surface area contributed by atoms with Gasteiger partial charge in [0.25, 0.3) is 5.91 Å². The Labute approximate surface area is 145 Å². The fourth-order valence-corrected chi connectivity index (χ4v) is 3.03. The van der Waals surface area contributed by atoms with Crippen molar-refractivity contribution >= 4 is 22.5 Å². The van der Waals surface area contributed by atoms with E-state index < -0.39 is 0 Å². The Balaban J connectivity index is 1.62. The van der Waals surface area contributed by atoms with Gasteiger partial charge in [0.1, 0.15) is 0 Å². The molecule has 0 saturated heterocycles. The maximum Gasteiger partial charge on any atom is 0.257 e. The zero-order valence-electron chi connectivity index (χ0n) is 13.8.